The van der Waals surface area contributed by atoms with E-state index in [0.717, 1.165) is 4.88 Å². The molecule has 0 spiro atoms. The molecule has 0 amide bonds. The Morgan fingerprint density at radius 2 is 1.86 bits per heavy atom. The van der Waals surface area contributed by atoms with Crippen LogP contribution in [0.3, 0.4) is 0 Å². The normalized spacial score (nSPS) is 14.9. The van der Waals surface area contributed by atoms with Crippen molar-refractivity contribution >= 4 is 21.4 Å². The molecule has 0 saturated carbocycles. The van der Waals surface area contributed by atoms with Crippen LogP contribution in [0.5, 0.6) is 0 Å². The van der Waals surface area contributed by atoms with Gasteiger partial charge >= 0.3 is 0 Å². The van der Waals surface area contributed by atoms with E-state index in [0.29, 0.717) is 17.5 Å². The van der Waals surface area contributed by atoms with E-state index in [1.807, 2.05) is 12.3 Å². The predicted octanol–water partition coefficient (Wildman–Crippen LogP) is 3.30. The lowest BCUT2D eigenvalue weighted by atomic mass is 9.88. The number of sulfonamides is 1. The molecule has 1 heterocycles. The Balaban J connectivity index is 3.06. The van der Waals surface area contributed by atoms with Gasteiger partial charge in [0.2, 0.25) is 10.0 Å². The van der Waals surface area contributed by atoms with Crippen LogP contribution < -0.4 is 5.32 Å². The summed E-state index contributed by atoms with van der Waals surface area (Å²) in [6.45, 7) is 12.8. The van der Waals surface area contributed by atoms with Gasteiger partial charge in [-0.25, -0.2) is 8.42 Å². The highest BCUT2D eigenvalue weighted by molar-refractivity contribution is 7.89. The molecule has 1 aromatic heterocycles. The highest BCUT2D eigenvalue weighted by atomic mass is 32.2. The second kappa shape index (κ2) is 6.77. The molecule has 0 aromatic carbocycles. The Bertz CT molecular complexity index is 556. The van der Waals surface area contributed by atoms with Crippen LogP contribution in [-0.2, 0) is 16.6 Å². The Labute approximate surface area is 133 Å². The molecule has 0 fully saturated rings. The van der Waals surface area contributed by atoms with E-state index < -0.39 is 10.0 Å². The van der Waals surface area contributed by atoms with Crippen LogP contribution in [0.4, 0.5) is 0 Å². The van der Waals surface area contributed by atoms with Gasteiger partial charge in [0.1, 0.15) is 0 Å². The van der Waals surface area contributed by atoms with Crippen LogP contribution in [-0.4, -0.2) is 31.9 Å². The van der Waals surface area contributed by atoms with Crippen molar-refractivity contribution in [3.8, 4) is 0 Å². The fraction of sp³-hybridized carbons (Fsp3) is 0.733. The largest absolute Gasteiger partial charge is 0.310 e. The van der Waals surface area contributed by atoms with Gasteiger partial charge in [0.15, 0.2) is 0 Å². The molecular formula is C15H28N2O2S2. The topological polar surface area (TPSA) is 49.4 Å². The lowest BCUT2D eigenvalue weighted by Crippen LogP contribution is -2.43. The fourth-order valence-electron chi connectivity index (χ4n) is 1.89. The number of nitrogens with one attached hydrogen (secondary N) is 1. The molecule has 1 aromatic rings. The quantitative estimate of drug-likeness (QED) is 0.869. The summed E-state index contributed by atoms with van der Waals surface area (Å²) in [4.78, 5) is 1.30. The van der Waals surface area contributed by atoms with Gasteiger partial charge in [-0.05, 0) is 23.8 Å². The third-order valence-corrected chi connectivity index (χ3v) is 6.89. The van der Waals surface area contributed by atoms with E-state index in [1.54, 1.807) is 13.1 Å². The molecule has 0 bridgehead atoms. The zero-order valence-electron chi connectivity index (χ0n) is 14.1. The summed E-state index contributed by atoms with van der Waals surface area (Å²) in [7, 11) is -1.78. The monoisotopic (exact) mass is 332 g/mol. The van der Waals surface area contributed by atoms with Gasteiger partial charge in [-0.15, -0.1) is 11.3 Å². The lowest BCUT2D eigenvalue weighted by molar-refractivity contribution is 0.216. The van der Waals surface area contributed by atoms with Crippen molar-refractivity contribution in [1.29, 1.82) is 0 Å². The van der Waals surface area contributed by atoms with Crippen molar-refractivity contribution < 1.29 is 8.42 Å². The molecule has 21 heavy (non-hydrogen) atoms. The average Bonchev–Trinajstić information content (AvgIpc) is 2.82. The van der Waals surface area contributed by atoms with E-state index in [-0.39, 0.29) is 11.5 Å². The van der Waals surface area contributed by atoms with Gasteiger partial charge in [0.05, 0.1) is 4.90 Å². The van der Waals surface area contributed by atoms with Crippen molar-refractivity contribution in [3.63, 3.8) is 0 Å². The summed E-state index contributed by atoms with van der Waals surface area (Å²) in [6.07, 6.45) is 0. The Hall–Kier alpha value is -0.430. The number of thiophene rings is 1. The first-order chi connectivity index (χ1) is 9.48. The molecule has 1 N–H and O–H groups in total. The summed E-state index contributed by atoms with van der Waals surface area (Å²) in [5.41, 5.74) is -0.103. The van der Waals surface area contributed by atoms with E-state index in [1.165, 1.54) is 15.6 Å². The zero-order valence-corrected chi connectivity index (χ0v) is 15.7. The van der Waals surface area contributed by atoms with Gasteiger partial charge < -0.3 is 5.32 Å². The zero-order chi connectivity index (χ0) is 16.4. The maximum absolute atomic E-state index is 12.9. The highest BCUT2D eigenvalue weighted by Crippen LogP contribution is 2.30. The maximum atomic E-state index is 12.9. The first-order valence-electron chi connectivity index (χ1n) is 7.25. The second-order valence-corrected chi connectivity index (χ2v) is 9.77. The molecule has 0 radical (unpaired) electrons. The second-order valence-electron chi connectivity index (χ2n) is 6.81. The minimum Gasteiger partial charge on any atom is -0.310 e. The molecule has 0 aliphatic rings. The third kappa shape index (κ3) is 4.52. The van der Waals surface area contributed by atoms with Crippen LogP contribution in [0.2, 0.25) is 0 Å². The Morgan fingerprint density at radius 1 is 1.29 bits per heavy atom. The molecule has 0 aliphatic heterocycles. The molecule has 6 heteroatoms. The number of nitrogens with zero attached hydrogens (tertiary/aromatic N) is 1. The highest BCUT2D eigenvalue weighted by Gasteiger charge is 2.33. The smallest absolute Gasteiger partial charge is 0.244 e. The Kier molecular flexibility index (Phi) is 6.00. The summed E-state index contributed by atoms with van der Waals surface area (Å²) in [6, 6.07) is 1.96. The van der Waals surface area contributed by atoms with Crippen LogP contribution in [0.1, 0.15) is 46.4 Å². The third-order valence-electron chi connectivity index (χ3n) is 3.83. The molecule has 1 rings (SSSR count). The molecule has 0 aliphatic carbocycles. The van der Waals surface area contributed by atoms with Gasteiger partial charge in [-0.1, -0.05) is 34.6 Å². The fourth-order valence-corrected chi connectivity index (χ4v) is 4.80. The van der Waals surface area contributed by atoms with Crippen LogP contribution in [0, 0.1) is 5.41 Å². The number of hydrogen-bond donors (Lipinski definition) is 1. The minimum atomic E-state index is -3.45. The van der Waals surface area contributed by atoms with Crippen molar-refractivity contribution in [3.05, 3.63) is 16.3 Å². The van der Waals surface area contributed by atoms with Crippen LogP contribution in [0.25, 0.3) is 0 Å². The Morgan fingerprint density at radius 3 is 2.33 bits per heavy atom. The van der Waals surface area contributed by atoms with Gasteiger partial charge in [-0.3, -0.25) is 0 Å². The van der Waals surface area contributed by atoms with E-state index in [4.69, 9.17) is 0 Å². The van der Waals surface area contributed by atoms with Crippen molar-refractivity contribution in [2.75, 3.05) is 7.05 Å². The molecule has 0 saturated heterocycles. The predicted molar refractivity (Wildman–Crippen MR) is 90.2 cm³/mol. The maximum Gasteiger partial charge on any atom is 0.244 e. The van der Waals surface area contributed by atoms with Gasteiger partial charge in [-0.2, -0.15) is 4.31 Å². The van der Waals surface area contributed by atoms with Crippen LogP contribution in [0.15, 0.2) is 16.3 Å². The van der Waals surface area contributed by atoms with Gasteiger partial charge in [0.25, 0.3) is 0 Å². The number of hydrogen-bond acceptors (Lipinski definition) is 4. The summed E-state index contributed by atoms with van der Waals surface area (Å²) >= 11 is 1.49. The molecule has 1 atom stereocenters. The standard InChI is InChI=1S/C15H28N2O2S2/c1-11(2)16-10-13-14(8-9-20-13)21(18,19)17(7)12(3)15(4,5)6/h8-9,11-12,16H,10H2,1-7H3. The van der Waals surface area contributed by atoms with Crippen molar-refractivity contribution in [2.45, 2.75) is 65.1 Å². The molecule has 4 nitrogen and oxygen atoms in total. The van der Waals surface area contributed by atoms with Crippen molar-refractivity contribution in [1.82, 2.24) is 9.62 Å². The SMILES string of the molecule is CC(C)NCc1sccc1S(=O)(=O)N(C)C(C)C(C)(C)C. The van der Waals surface area contributed by atoms with E-state index >= 15 is 0 Å². The molecule has 122 valence electrons. The average molecular weight is 333 g/mol. The molecule has 1 unspecified atom stereocenters. The number of rotatable bonds is 6. The summed E-state index contributed by atoms with van der Waals surface area (Å²) in [5, 5.41) is 5.13. The first-order valence-corrected chi connectivity index (χ1v) is 9.57. The van der Waals surface area contributed by atoms with Crippen molar-refractivity contribution in [2.24, 2.45) is 5.41 Å². The van der Waals surface area contributed by atoms with Crippen LogP contribution >= 0.6 is 11.3 Å². The minimum absolute atomic E-state index is 0.0756. The summed E-state index contributed by atoms with van der Waals surface area (Å²) in [5.74, 6) is 0. The van der Waals surface area contributed by atoms with E-state index in [2.05, 4.69) is 39.9 Å². The van der Waals surface area contributed by atoms with Gasteiger partial charge in [0, 0.05) is 30.6 Å². The summed E-state index contributed by atoms with van der Waals surface area (Å²) < 4.78 is 27.2. The lowest BCUT2D eigenvalue weighted by Gasteiger charge is -2.34. The van der Waals surface area contributed by atoms with E-state index in [9.17, 15) is 8.42 Å². The first kappa shape index (κ1) is 18.6. The molecular weight excluding hydrogens is 304 g/mol.